The van der Waals surface area contributed by atoms with E-state index in [0.29, 0.717) is 28.3 Å². The molecule has 0 spiro atoms. The zero-order valence-electron chi connectivity index (χ0n) is 17.6. The van der Waals surface area contributed by atoms with E-state index in [-0.39, 0.29) is 12.1 Å². The molecule has 1 fully saturated rings. The average molecular weight is 475 g/mol. The van der Waals surface area contributed by atoms with Gasteiger partial charge in [0.2, 0.25) is 0 Å². The first-order valence-electron chi connectivity index (χ1n) is 10.0. The molecule has 3 heterocycles. The molecule has 1 aliphatic heterocycles. The first-order chi connectivity index (χ1) is 14.9. The Balaban J connectivity index is 1.84. The molecule has 1 N–H and O–H groups in total. The first kappa shape index (κ1) is 22.1. The van der Waals surface area contributed by atoms with Crippen molar-refractivity contribution in [1.29, 1.82) is 0 Å². The van der Waals surface area contributed by atoms with E-state index >= 15 is 0 Å². The van der Waals surface area contributed by atoms with Gasteiger partial charge in [0, 0.05) is 31.2 Å². The Kier molecular flexibility index (Phi) is 6.53. The van der Waals surface area contributed by atoms with Gasteiger partial charge in [0.15, 0.2) is 5.11 Å². The second-order valence-corrected chi connectivity index (χ2v) is 8.72. The van der Waals surface area contributed by atoms with Gasteiger partial charge in [0.1, 0.15) is 0 Å². The molecular formula is C23H24Cl2N4OS. The molecule has 2 aromatic heterocycles. The van der Waals surface area contributed by atoms with Gasteiger partial charge < -0.3 is 19.5 Å². The van der Waals surface area contributed by atoms with Crippen LogP contribution >= 0.6 is 35.4 Å². The Hall–Kier alpha value is -2.12. The van der Waals surface area contributed by atoms with Gasteiger partial charge in [-0.05, 0) is 62.0 Å². The quantitative estimate of drug-likeness (QED) is 0.483. The van der Waals surface area contributed by atoms with Crippen molar-refractivity contribution in [2.24, 2.45) is 0 Å². The fraction of sp³-hybridized carbons (Fsp3) is 0.304. The van der Waals surface area contributed by atoms with Crippen molar-refractivity contribution >= 4 is 40.5 Å². The molecule has 162 valence electrons. The molecule has 1 saturated heterocycles. The van der Waals surface area contributed by atoms with Gasteiger partial charge >= 0.3 is 0 Å². The number of halogens is 2. The molecule has 31 heavy (non-hydrogen) atoms. The zero-order chi connectivity index (χ0) is 22.1. The predicted octanol–water partition coefficient (Wildman–Crippen LogP) is 5.41. The van der Waals surface area contributed by atoms with Crippen LogP contribution in [0.1, 0.15) is 34.7 Å². The topological polar surface area (TPSA) is 42.3 Å². The van der Waals surface area contributed by atoms with Gasteiger partial charge in [-0.1, -0.05) is 35.3 Å². The van der Waals surface area contributed by atoms with Gasteiger partial charge in [0.05, 0.1) is 40.1 Å². The minimum atomic E-state index is -0.0747. The summed E-state index contributed by atoms with van der Waals surface area (Å²) in [7, 11) is 1.70. The van der Waals surface area contributed by atoms with Crippen molar-refractivity contribution in [3.63, 3.8) is 0 Å². The Morgan fingerprint density at radius 3 is 2.68 bits per heavy atom. The summed E-state index contributed by atoms with van der Waals surface area (Å²) in [6.07, 6.45) is 1.81. The molecule has 0 unspecified atom stereocenters. The van der Waals surface area contributed by atoms with Gasteiger partial charge in [0.25, 0.3) is 0 Å². The molecule has 0 bridgehead atoms. The highest BCUT2D eigenvalue weighted by molar-refractivity contribution is 7.80. The van der Waals surface area contributed by atoms with Crippen LogP contribution in [0.15, 0.2) is 48.7 Å². The summed E-state index contributed by atoms with van der Waals surface area (Å²) in [5, 5.41) is 5.24. The number of benzene rings is 1. The molecule has 4 rings (SSSR count). The van der Waals surface area contributed by atoms with Gasteiger partial charge in [-0.3, -0.25) is 4.98 Å². The molecule has 0 radical (unpaired) electrons. The average Bonchev–Trinajstić information content (AvgIpc) is 3.24. The van der Waals surface area contributed by atoms with Crippen LogP contribution < -0.4 is 5.32 Å². The largest absolute Gasteiger partial charge is 0.383 e. The summed E-state index contributed by atoms with van der Waals surface area (Å²) in [5.74, 6) is 0. The van der Waals surface area contributed by atoms with Crippen molar-refractivity contribution < 1.29 is 4.74 Å². The van der Waals surface area contributed by atoms with E-state index in [1.54, 1.807) is 13.2 Å². The van der Waals surface area contributed by atoms with Gasteiger partial charge in [-0.15, -0.1) is 0 Å². The molecule has 0 saturated carbocycles. The number of aromatic nitrogens is 2. The van der Waals surface area contributed by atoms with Crippen molar-refractivity contribution in [2.45, 2.75) is 25.9 Å². The van der Waals surface area contributed by atoms with Crippen molar-refractivity contribution in [1.82, 2.24) is 19.8 Å². The fourth-order valence-corrected chi connectivity index (χ4v) is 5.01. The number of ether oxygens (including phenoxy) is 1. The molecular weight excluding hydrogens is 451 g/mol. The smallest absolute Gasteiger partial charge is 0.170 e. The number of nitrogens with one attached hydrogen (secondary N) is 1. The van der Waals surface area contributed by atoms with Crippen LogP contribution in [0.3, 0.4) is 0 Å². The van der Waals surface area contributed by atoms with E-state index in [0.717, 1.165) is 28.3 Å². The maximum Gasteiger partial charge on any atom is 0.170 e. The zero-order valence-corrected chi connectivity index (χ0v) is 19.9. The summed E-state index contributed by atoms with van der Waals surface area (Å²) in [6, 6.07) is 13.7. The fourth-order valence-electron chi connectivity index (χ4n) is 4.30. The maximum absolute atomic E-state index is 6.56. The molecule has 5 nitrogen and oxygen atoms in total. The standard InChI is InChI=1S/C23H24Cl2N4OS/c1-14-13-16(15(2)29(14)19-9-6-7-17(24)20(19)25)22-21(18-8-4-5-10-26-18)27-23(31)28(22)11-12-30-3/h4-10,13,21-22H,11-12H2,1-3H3,(H,27,31)/t21-,22+/m0/s1. The van der Waals surface area contributed by atoms with Crippen LogP contribution in [-0.2, 0) is 4.74 Å². The molecule has 0 amide bonds. The number of nitrogens with zero attached hydrogens (tertiary/aromatic N) is 3. The number of hydrogen-bond donors (Lipinski definition) is 1. The lowest BCUT2D eigenvalue weighted by molar-refractivity contribution is 0.164. The Morgan fingerprint density at radius 1 is 1.16 bits per heavy atom. The number of aryl methyl sites for hydroxylation is 1. The summed E-state index contributed by atoms with van der Waals surface area (Å²) < 4.78 is 7.50. The lowest BCUT2D eigenvalue weighted by Crippen LogP contribution is -2.32. The third kappa shape index (κ3) is 4.05. The van der Waals surface area contributed by atoms with Crippen molar-refractivity contribution in [3.8, 4) is 5.69 Å². The SMILES string of the molecule is COCCN1C(=S)N[C@@H](c2ccccn2)[C@H]1c1cc(C)n(-c2cccc(Cl)c2Cl)c1C. The van der Waals surface area contributed by atoms with Gasteiger partial charge in [-0.25, -0.2) is 0 Å². The number of methoxy groups -OCH3 is 1. The predicted molar refractivity (Wildman–Crippen MR) is 129 cm³/mol. The number of pyridine rings is 1. The minimum Gasteiger partial charge on any atom is -0.383 e. The Morgan fingerprint density at radius 2 is 1.97 bits per heavy atom. The lowest BCUT2D eigenvalue weighted by Gasteiger charge is -2.28. The van der Waals surface area contributed by atoms with E-state index in [4.69, 9.17) is 40.2 Å². The van der Waals surface area contributed by atoms with Crippen LogP contribution in [0, 0.1) is 13.8 Å². The normalized spacial score (nSPS) is 18.5. The van der Waals surface area contributed by atoms with Crippen molar-refractivity contribution in [2.75, 3.05) is 20.3 Å². The highest BCUT2D eigenvalue weighted by atomic mass is 35.5. The highest BCUT2D eigenvalue weighted by Gasteiger charge is 2.41. The van der Waals surface area contributed by atoms with E-state index in [1.807, 2.05) is 36.5 Å². The minimum absolute atomic E-state index is 0.0320. The summed E-state index contributed by atoms with van der Waals surface area (Å²) in [6.45, 7) is 5.43. The van der Waals surface area contributed by atoms with Crippen LogP contribution in [-0.4, -0.2) is 39.8 Å². The number of hydrogen-bond acceptors (Lipinski definition) is 3. The molecule has 3 aromatic rings. The maximum atomic E-state index is 6.56. The number of thiocarbonyl (C=S) groups is 1. The molecule has 2 atom stereocenters. The monoisotopic (exact) mass is 474 g/mol. The second kappa shape index (κ2) is 9.17. The highest BCUT2D eigenvalue weighted by Crippen LogP contribution is 2.42. The van der Waals surface area contributed by atoms with Gasteiger partial charge in [-0.2, -0.15) is 0 Å². The Labute approximate surface area is 197 Å². The lowest BCUT2D eigenvalue weighted by atomic mass is 9.97. The second-order valence-electron chi connectivity index (χ2n) is 7.55. The van der Waals surface area contributed by atoms with Crippen molar-refractivity contribution in [3.05, 3.63) is 81.4 Å². The van der Waals surface area contributed by atoms with Crippen LogP contribution in [0.25, 0.3) is 5.69 Å². The third-order valence-electron chi connectivity index (χ3n) is 5.70. The first-order valence-corrected chi connectivity index (χ1v) is 11.2. The van der Waals surface area contributed by atoms with E-state index < -0.39 is 0 Å². The summed E-state index contributed by atoms with van der Waals surface area (Å²) in [4.78, 5) is 6.79. The number of rotatable bonds is 6. The van der Waals surface area contributed by atoms with E-state index in [1.165, 1.54) is 0 Å². The Bertz CT molecular complexity index is 1100. The third-order valence-corrected chi connectivity index (χ3v) is 6.86. The van der Waals surface area contributed by atoms with E-state index in [2.05, 4.69) is 39.7 Å². The summed E-state index contributed by atoms with van der Waals surface area (Å²) in [5.41, 5.74) is 5.12. The molecule has 1 aromatic carbocycles. The van der Waals surface area contributed by atoms with E-state index in [9.17, 15) is 0 Å². The molecule has 8 heteroatoms. The van der Waals surface area contributed by atoms with Crippen LogP contribution in [0.5, 0.6) is 0 Å². The van der Waals surface area contributed by atoms with Crippen LogP contribution in [0.4, 0.5) is 0 Å². The molecule has 0 aliphatic carbocycles. The summed E-state index contributed by atoms with van der Waals surface area (Å²) >= 11 is 18.6. The van der Waals surface area contributed by atoms with Crippen LogP contribution in [0.2, 0.25) is 10.0 Å². The molecule has 1 aliphatic rings.